The first-order valence-corrected chi connectivity index (χ1v) is 8.39. The predicted octanol–water partition coefficient (Wildman–Crippen LogP) is 1.50. The number of thioether (sulfide) groups is 1. The van der Waals surface area contributed by atoms with Crippen LogP contribution >= 0.6 is 11.8 Å². The van der Waals surface area contributed by atoms with E-state index in [1.54, 1.807) is 19.1 Å². The smallest absolute Gasteiger partial charge is 0.305 e. The molecule has 2 rings (SSSR count). The summed E-state index contributed by atoms with van der Waals surface area (Å²) in [6.45, 7) is 1.74. The Balaban J connectivity index is 2.25. The highest BCUT2D eigenvalue weighted by atomic mass is 32.2. The number of nitrogens with one attached hydrogen (secondary N) is 1. The molecule has 0 bridgehead atoms. The lowest BCUT2D eigenvalue weighted by Gasteiger charge is -2.13. The lowest BCUT2D eigenvalue weighted by molar-refractivity contribution is -0.138. The number of rotatable bonds is 7. The molecule has 26 heavy (non-hydrogen) atoms. The van der Waals surface area contributed by atoms with Crippen molar-refractivity contribution < 1.29 is 28.9 Å². The molecule has 1 aliphatic rings. The molecule has 1 aliphatic heterocycles. The van der Waals surface area contributed by atoms with Crippen molar-refractivity contribution in [2.24, 2.45) is 10.2 Å². The summed E-state index contributed by atoms with van der Waals surface area (Å²) >= 11 is 1.04. The van der Waals surface area contributed by atoms with Gasteiger partial charge in [0.2, 0.25) is 11.7 Å². The van der Waals surface area contributed by atoms with Gasteiger partial charge < -0.3 is 24.6 Å². The van der Waals surface area contributed by atoms with E-state index in [0.29, 0.717) is 28.5 Å². The number of hydrogen-bond acceptors (Lipinski definition) is 8. The summed E-state index contributed by atoms with van der Waals surface area (Å²) in [6.07, 6.45) is -0.273. The normalized spacial score (nSPS) is 18.6. The Bertz CT molecular complexity index is 752. The summed E-state index contributed by atoms with van der Waals surface area (Å²) in [5.74, 6) is -0.0102. The van der Waals surface area contributed by atoms with Crippen molar-refractivity contribution in [2.45, 2.75) is 18.6 Å². The highest BCUT2D eigenvalue weighted by molar-refractivity contribution is 8.15. The van der Waals surface area contributed by atoms with E-state index in [1.165, 1.54) is 21.3 Å². The van der Waals surface area contributed by atoms with Crippen LogP contribution < -0.4 is 19.5 Å². The molecule has 0 aliphatic carbocycles. The van der Waals surface area contributed by atoms with Crippen LogP contribution in [0.25, 0.3) is 0 Å². The molecule has 1 unspecified atom stereocenters. The average Bonchev–Trinajstić information content (AvgIpc) is 2.97. The van der Waals surface area contributed by atoms with E-state index in [1.807, 2.05) is 0 Å². The molecule has 1 saturated heterocycles. The van der Waals surface area contributed by atoms with Gasteiger partial charge in [-0.05, 0) is 19.1 Å². The number of methoxy groups -OCH3 is 3. The lowest BCUT2D eigenvalue weighted by atomic mass is 10.1. The van der Waals surface area contributed by atoms with Gasteiger partial charge in [0.1, 0.15) is 5.25 Å². The number of ether oxygens (including phenoxy) is 3. The molecule has 0 aromatic heterocycles. The van der Waals surface area contributed by atoms with Crippen molar-refractivity contribution >= 4 is 34.5 Å². The minimum atomic E-state index is -1.05. The molecule has 0 spiro atoms. The Labute approximate surface area is 154 Å². The van der Waals surface area contributed by atoms with Crippen molar-refractivity contribution in [1.82, 2.24) is 5.32 Å². The highest BCUT2D eigenvalue weighted by Crippen LogP contribution is 2.38. The molecule has 10 heteroatoms. The number of benzene rings is 1. The predicted molar refractivity (Wildman–Crippen MR) is 97.5 cm³/mol. The molecule has 0 saturated carbocycles. The van der Waals surface area contributed by atoms with E-state index < -0.39 is 17.1 Å². The van der Waals surface area contributed by atoms with Gasteiger partial charge in [0, 0.05) is 5.56 Å². The third kappa shape index (κ3) is 4.45. The van der Waals surface area contributed by atoms with Gasteiger partial charge in [-0.1, -0.05) is 11.8 Å². The van der Waals surface area contributed by atoms with Gasteiger partial charge in [-0.2, -0.15) is 5.10 Å². The molecule has 1 atom stereocenters. The van der Waals surface area contributed by atoms with Crippen LogP contribution in [0, 0.1) is 0 Å². The number of carbonyl (C=O) groups excluding carboxylic acids is 1. The van der Waals surface area contributed by atoms with Crippen LogP contribution in [-0.4, -0.2) is 54.4 Å². The summed E-state index contributed by atoms with van der Waals surface area (Å²) in [5, 5.41) is 18.9. The zero-order valence-corrected chi connectivity index (χ0v) is 15.5. The van der Waals surface area contributed by atoms with E-state index in [2.05, 4.69) is 15.5 Å². The number of amidine groups is 1. The Hall–Kier alpha value is -2.75. The first-order valence-electron chi connectivity index (χ1n) is 7.51. The van der Waals surface area contributed by atoms with Crippen molar-refractivity contribution in [3.8, 4) is 17.2 Å². The fraction of sp³-hybridized carbons (Fsp3) is 0.375. The number of nitrogens with zero attached hydrogens (tertiary/aromatic N) is 2. The van der Waals surface area contributed by atoms with Crippen LogP contribution in [0.5, 0.6) is 17.2 Å². The van der Waals surface area contributed by atoms with Gasteiger partial charge in [-0.15, -0.1) is 5.10 Å². The van der Waals surface area contributed by atoms with Crippen LogP contribution in [0.1, 0.15) is 18.9 Å². The molecular weight excluding hydrogens is 362 g/mol. The maximum atomic E-state index is 11.7. The van der Waals surface area contributed by atoms with Gasteiger partial charge in [-0.25, -0.2) is 0 Å². The maximum Gasteiger partial charge on any atom is 0.305 e. The zero-order valence-electron chi connectivity index (χ0n) is 14.7. The van der Waals surface area contributed by atoms with Gasteiger partial charge >= 0.3 is 5.97 Å². The molecule has 140 valence electrons. The molecule has 1 heterocycles. The second-order valence-electron chi connectivity index (χ2n) is 5.20. The van der Waals surface area contributed by atoms with Crippen LogP contribution in [-0.2, 0) is 9.59 Å². The van der Waals surface area contributed by atoms with E-state index in [0.717, 1.165) is 11.8 Å². The lowest BCUT2D eigenvalue weighted by Crippen LogP contribution is -2.26. The Morgan fingerprint density at radius 3 is 2.35 bits per heavy atom. The Kier molecular flexibility index (Phi) is 6.45. The molecular formula is C16H19N3O6S. The number of carboxylic acid groups (broad SMARTS) is 1. The second-order valence-corrected chi connectivity index (χ2v) is 6.39. The third-order valence-electron chi connectivity index (χ3n) is 3.51. The summed E-state index contributed by atoms with van der Waals surface area (Å²) in [4.78, 5) is 22.4. The fourth-order valence-electron chi connectivity index (χ4n) is 2.21. The first kappa shape index (κ1) is 19.6. The fourth-order valence-corrected chi connectivity index (χ4v) is 3.12. The number of amides is 1. The largest absolute Gasteiger partial charge is 0.493 e. The SMILES string of the molecule is COc1cc(/C(C)=N/N=C2\NC(=O)C(CC(=O)O)S2)cc(OC)c1OC. The van der Waals surface area contributed by atoms with Crippen molar-refractivity contribution in [3.05, 3.63) is 17.7 Å². The monoisotopic (exact) mass is 381 g/mol. The molecule has 0 radical (unpaired) electrons. The molecule has 1 fully saturated rings. The average molecular weight is 381 g/mol. The molecule has 1 aromatic carbocycles. The molecule has 9 nitrogen and oxygen atoms in total. The number of hydrogen-bond donors (Lipinski definition) is 2. The van der Waals surface area contributed by atoms with Crippen LogP contribution in [0.2, 0.25) is 0 Å². The number of aliphatic carboxylic acids is 1. The van der Waals surface area contributed by atoms with E-state index >= 15 is 0 Å². The summed E-state index contributed by atoms with van der Waals surface area (Å²) in [6, 6.07) is 3.46. The van der Waals surface area contributed by atoms with Crippen LogP contribution in [0.4, 0.5) is 0 Å². The third-order valence-corrected chi connectivity index (χ3v) is 4.58. The maximum absolute atomic E-state index is 11.7. The highest BCUT2D eigenvalue weighted by Gasteiger charge is 2.32. The second kappa shape index (κ2) is 8.56. The van der Waals surface area contributed by atoms with Gasteiger partial charge in [-0.3, -0.25) is 9.59 Å². The minimum Gasteiger partial charge on any atom is -0.493 e. The summed E-state index contributed by atoms with van der Waals surface area (Å²) in [7, 11) is 4.54. The van der Waals surface area contributed by atoms with Gasteiger partial charge in [0.25, 0.3) is 0 Å². The van der Waals surface area contributed by atoms with Gasteiger partial charge in [0.05, 0.1) is 33.5 Å². The summed E-state index contributed by atoms with van der Waals surface area (Å²) in [5.41, 5.74) is 1.24. The van der Waals surface area contributed by atoms with E-state index in [-0.39, 0.29) is 11.6 Å². The van der Waals surface area contributed by atoms with E-state index in [4.69, 9.17) is 19.3 Å². The Morgan fingerprint density at radius 2 is 1.85 bits per heavy atom. The van der Waals surface area contributed by atoms with E-state index in [9.17, 15) is 9.59 Å². The first-order chi connectivity index (χ1) is 12.4. The molecule has 1 amide bonds. The number of carbonyl (C=O) groups is 2. The minimum absolute atomic E-state index is 0.257. The van der Waals surface area contributed by atoms with Crippen LogP contribution in [0.3, 0.4) is 0 Å². The van der Waals surface area contributed by atoms with Crippen molar-refractivity contribution in [2.75, 3.05) is 21.3 Å². The zero-order chi connectivity index (χ0) is 19.3. The summed E-state index contributed by atoms with van der Waals surface area (Å²) < 4.78 is 15.9. The van der Waals surface area contributed by atoms with Gasteiger partial charge in [0.15, 0.2) is 16.7 Å². The van der Waals surface area contributed by atoms with Crippen molar-refractivity contribution in [1.29, 1.82) is 0 Å². The molecule has 2 N–H and O–H groups in total. The topological polar surface area (TPSA) is 119 Å². The number of carboxylic acids is 1. The molecule has 1 aromatic rings. The van der Waals surface area contributed by atoms with Crippen LogP contribution in [0.15, 0.2) is 22.3 Å². The standard InChI is InChI=1S/C16H19N3O6S/c1-8(9-5-10(23-2)14(25-4)11(6-9)24-3)18-19-16-17-15(22)12(26-16)7-13(20)21/h5-6,12H,7H2,1-4H3,(H,20,21)(H,17,19,22)/b18-8+. The Morgan fingerprint density at radius 1 is 1.23 bits per heavy atom. The quantitative estimate of drug-likeness (QED) is 0.542. The van der Waals surface area contributed by atoms with Crippen molar-refractivity contribution in [3.63, 3.8) is 0 Å².